The average molecular weight is 316 g/mol. The largest absolute Gasteiger partial charge is 0.496 e. The second kappa shape index (κ2) is 4.27. The summed E-state index contributed by atoms with van der Waals surface area (Å²) in [6.07, 6.45) is 1.14. The summed E-state index contributed by atoms with van der Waals surface area (Å²) in [7, 11) is -1.71. The van der Waals surface area contributed by atoms with Crippen LogP contribution < -0.4 is 4.74 Å². The number of rotatable bonds is 2. The first-order valence-corrected chi connectivity index (χ1v) is 7.45. The van der Waals surface area contributed by atoms with Gasteiger partial charge in [-0.25, -0.2) is 13.4 Å². The molecule has 0 bridgehead atoms. The summed E-state index contributed by atoms with van der Waals surface area (Å²) in [5.74, 6) is 0.686. The molecular weight excluding hydrogens is 306 g/mol. The van der Waals surface area contributed by atoms with Crippen molar-refractivity contribution in [1.29, 1.82) is 0 Å². The number of nitrogens with zero attached hydrogens (tertiary/aromatic N) is 1. The number of ether oxygens (including phenoxy) is 1. The number of benzene rings is 1. The average Bonchev–Trinajstić information content (AvgIpc) is 2.28. The van der Waals surface area contributed by atoms with Crippen LogP contribution in [0.15, 0.2) is 33.8 Å². The molecule has 0 N–H and O–H groups in total. The van der Waals surface area contributed by atoms with Crippen molar-refractivity contribution in [2.45, 2.75) is 5.03 Å². The Hall–Kier alpha value is -1.14. The van der Waals surface area contributed by atoms with Crippen molar-refractivity contribution in [3.05, 3.63) is 28.7 Å². The highest BCUT2D eigenvalue weighted by Gasteiger charge is 2.12. The molecule has 2 aromatic rings. The van der Waals surface area contributed by atoms with E-state index in [-0.39, 0.29) is 5.03 Å². The van der Waals surface area contributed by atoms with E-state index in [1.165, 1.54) is 6.07 Å². The molecule has 0 fully saturated rings. The lowest BCUT2D eigenvalue weighted by Gasteiger charge is -2.07. The number of aromatic nitrogens is 1. The lowest BCUT2D eigenvalue weighted by atomic mass is 10.2. The molecule has 0 radical (unpaired) electrons. The topological polar surface area (TPSA) is 56.3 Å². The van der Waals surface area contributed by atoms with Crippen molar-refractivity contribution in [2.24, 2.45) is 0 Å². The Labute approximate surface area is 108 Å². The Kier molecular flexibility index (Phi) is 3.09. The monoisotopic (exact) mass is 315 g/mol. The zero-order valence-corrected chi connectivity index (χ0v) is 11.7. The van der Waals surface area contributed by atoms with Crippen LogP contribution in [0, 0.1) is 0 Å². The van der Waals surface area contributed by atoms with Crippen molar-refractivity contribution in [3.8, 4) is 5.75 Å². The first-order chi connectivity index (χ1) is 7.93. The SMILES string of the molecule is COc1ccc2nc(S(C)(=O)=O)ccc2c1Br. The third-order valence-electron chi connectivity index (χ3n) is 2.34. The van der Waals surface area contributed by atoms with E-state index in [0.29, 0.717) is 11.3 Å². The molecule has 0 atom stereocenters. The van der Waals surface area contributed by atoms with Gasteiger partial charge in [-0.3, -0.25) is 0 Å². The minimum absolute atomic E-state index is 0.0714. The van der Waals surface area contributed by atoms with Crippen molar-refractivity contribution in [1.82, 2.24) is 4.98 Å². The summed E-state index contributed by atoms with van der Waals surface area (Å²) >= 11 is 3.40. The van der Waals surface area contributed by atoms with E-state index < -0.39 is 9.84 Å². The third kappa shape index (κ3) is 2.28. The lowest BCUT2D eigenvalue weighted by Crippen LogP contribution is -2.00. The molecule has 0 unspecified atom stereocenters. The highest BCUT2D eigenvalue weighted by atomic mass is 79.9. The Bertz CT molecular complexity index is 682. The van der Waals surface area contributed by atoms with Gasteiger partial charge in [0.1, 0.15) is 5.75 Å². The second-order valence-electron chi connectivity index (χ2n) is 3.57. The van der Waals surface area contributed by atoms with Crippen LogP contribution in [0.4, 0.5) is 0 Å². The fourth-order valence-electron chi connectivity index (χ4n) is 1.49. The summed E-state index contributed by atoms with van der Waals surface area (Å²) in [6.45, 7) is 0. The van der Waals surface area contributed by atoms with Gasteiger partial charge in [0, 0.05) is 11.6 Å². The highest BCUT2D eigenvalue weighted by Crippen LogP contribution is 2.32. The van der Waals surface area contributed by atoms with Crippen molar-refractivity contribution >= 4 is 36.7 Å². The Morgan fingerprint density at radius 1 is 1.24 bits per heavy atom. The Morgan fingerprint density at radius 3 is 2.53 bits per heavy atom. The molecule has 2 rings (SSSR count). The molecule has 0 saturated heterocycles. The maximum atomic E-state index is 11.4. The zero-order chi connectivity index (χ0) is 12.6. The van der Waals surface area contributed by atoms with Gasteiger partial charge >= 0.3 is 0 Å². The molecule has 4 nitrogen and oxygen atoms in total. The van der Waals surface area contributed by atoms with Crippen LogP contribution in [0.25, 0.3) is 10.9 Å². The molecule has 0 aliphatic rings. The van der Waals surface area contributed by atoms with E-state index in [2.05, 4.69) is 20.9 Å². The van der Waals surface area contributed by atoms with Gasteiger partial charge in [-0.15, -0.1) is 0 Å². The minimum atomic E-state index is -3.28. The molecule has 1 heterocycles. The number of hydrogen-bond acceptors (Lipinski definition) is 4. The number of fused-ring (bicyclic) bond motifs is 1. The molecule has 0 aliphatic carbocycles. The van der Waals surface area contributed by atoms with Gasteiger partial charge in [0.05, 0.1) is 17.1 Å². The zero-order valence-electron chi connectivity index (χ0n) is 9.27. The molecular formula is C11H10BrNO3S. The predicted octanol–water partition coefficient (Wildman–Crippen LogP) is 2.41. The number of sulfone groups is 1. The van der Waals surface area contributed by atoms with Crippen LogP contribution in [0.5, 0.6) is 5.75 Å². The molecule has 0 saturated carbocycles. The van der Waals surface area contributed by atoms with E-state index in [1.54, 1.807) is 25.3 Å². The van der Waals surface area contributed by atoms with Crippen molar-refractivity contribution < 1.29 is 13.2 Å². The normalized spacial score (nSPS) is 11.7. The van der Waals surface area contributed by atoms with Gasteiger partial charge in [-0.1, -0.05) is 0 Å². The number of methoxy groups -OCH3 is 1. The second-order valence-corrected chi connectivity index (χ2v) is 6.33. The first kappa shape index (κ1) is 12.3. The summed E-state index contributed by atoms with van der Waals surface area (Å²) in [5, 5.41) is 0.888. The lowest BCUT2D eigenvalue weighted by molar-refractivity contribution is 0.413. The fraction of sp³-hybridized carbons (Fsp3) is 0.182. The van der Waals surface area contributed by atoms with E-state index in [9.17, 15) is 8.42 Å². The maximum Gasteiger partial charge on any atom is 0.192 e. The molecule has 90 valence electrons. The molecule has 0 spiro atoms. The number of pyridine rings is 1. The van der Waals surface area contributed by atoms with Gasteiger partial charge in [0.25, 0.3) is 0 Å². The van der Waals surface area contributed by atoms with Gasteiger partial charge in [0.15, 0.2) is 14.9 Å². The first-order valence-electron chi connectivity index (χ1n) is 4.77. The van der Waals surface area contributed by atoms with Gasteiger partial charge in [-0.05, 0) is 40.2 Å². The van der Waals surface area contributed by atoms with Crippen LogP contribution >= 0.6 is 15.9 Å². The molecule has 0 amide bonds. The van der Waals surface area contributed by atoms with Crippen LogP contribution in [-0.4, -0.2) is 26.8 Å². The van der Waals surface area contributed by atoms with Crippen LogP contribution in [0.1, 0.15) is 0 Å². The van der Waals surface area contributed by atoms with E-state index in [4.69, 9.17) is 4.74 Å². The smallest absolute Gasteiger partial charge is 0.192 e. The summed E-state index contributed by atoms with van der Waals surface area (Å²) in [5.41, 5.74) is 0.612. The maximum absolute atomic E-state index is 11.4. The number of halogens is 1. The summed E-state index contributed by atoms with van der Waals surface area (Å²) in [6, 6.07) is 6.67. The molecule has 6 heteroatoms. The van der Waals surface area contributed by atoms with Crippen molar-refractivity contribution in [3.63, 3.8) is 0 Å². The fourth-order valence-corrected chi connectivity index (χ4v) is 2.70. The van der Waals surface area contributed by atoms with E-state index in [0.717, 1.165) is 16.1 Å². The van der Waals surface area contributed by atoms with Gasteiger partial charge in [0.2, 0.25) is 0 Å². The predicted molar refractivity (Wildman–Crippen MR) is 69.1 cm³/mol. The quantitative estimate of drug-likeness (QED) is 0.854. The third-order valence-corrected chi connectivity index (χ3v) is 4.15. The van der Waals surface area contributed by atoms with Gasteiger partial charge < -0.3 is 4.74 Å². The number of hydrogen-bond donors (Lipinski definition) is 0. The molecule has 1 aromatic heterocycles. The molecule has 1 aromatic carbocycles. The van der Waals surface area contributed by atoms with E-state index in [1.807, 2.05) is 0 Å². The van der Waals surface area contributed by atoms with Crippen LogP contribution in [0.3, 0.4) is 0 Å². The highest BCUT2D eigenvalue weighted by molar-refractivity contribution is 9.10. The Morgan fingerprint density at radius 2 is 1.94 bits per heavy atom. The summed E-state index contributed by atoms with van der Waals surface area (Å²) in [4.78, 5) is 4.11. The van der Waals surface area contributed by atoms with Crippen LogP contribution in [0.2, 0.25) is 0 Å². The standard InChI is InChI=1S/C11H10BrNO3S/c1-16-9-5-4-8-7(11(9)12)3-6-10(13-8)17(2,14)15/h3-6H,1-2H3. The minimum Gasteiger partial charge on any atom is -0.496 e. The van der Waals surface area contributed by atoms with Crippen LogP contribution in [-0.2, 0) is 9.84 Å². The summed E-state index contributed by atoms with van der Waals surface area (Å²) < 4.78 is 28.7. The van der Waals surface area contributed by atoms with E-state index >= 15 is 0 Å². The molecule has 0 aliphatic heterocycles. The van der Waals surface area contributed by atoms with Crippen molar-refractivity contribution in [2.75, 3.05) is 13.4 Å². The Balaban J connectivity index is 2.74. The van der Waals surface area contributed by atoms with Gasteiger partial charge in [-0.2, -0.15) is 0 Å². The molecule has 17 heavy (non-hydrogen) atoms.